The predicted molar refractivity (Wildman–Crippen MR) is 98.4 cm³/mol. The van der Waals surface area contributed by atoms with Gasteiger partial charge in [0.2, 0.25) is 0 Å². The lowest BCUT2D eigenvalue weighted by Gasteiger charge is -2.03. The van der Waals surface area contributed by atoms with Crippen LogP contribution in [-0.4, -0.2) is 9.97 Å². The van der Waals surface area contributed by atoms with Gasteiger partial charge in [0.05, 0.1) is 5.52 Å². The van der Waals surface area contributed by atoms with Crippen molar-refractivity contribution in [1.29, 1.82) is 0 Å². The average molecular weight is 308 g/mol. The molecule has 3 heteroatoms. The van der Waals surface area contributed by atoms with Gasteiger partial charge >= 0.3 is 0 Å². The fourth-order valence-corrected chi connectivity index (χ4v) is 3.88. The van der Waals surface area contributed by atoms with Crippen LogP contribution in [0.3, 0.4) is 0 Å². The number of aromatic amines is 1. The lowest BCUT2D eigenvalue weighted by atomic mass is 9.99. The maximum atomic E-state index is 6.24. The van der Waals surface area contributed by atoms with Gasteiger partial charge in [-0.3, -0.25) is 0 Å². The Labute approximate surface area is 136 Å². The largest absolute Gasteiger partial charge is 0.454 e. The molecule has 0 amide bonds. The van der Waals surface area contributed by atoms with E-state index in [4.69, 9.17) is 4.42 Å². The maximum Gasteiger partial charge on any atom is 0.160 e. The first kappa shape index (κ1) is 12.1. The van der Waals surface area contributed by atoms with Crippen LogP contribution in [0.4, 0.5) is 0 Å². The fraction of sp³-hybridized carbons (Fsp3) is 0. The molecule has 0 aliphatic carbocycles. The van der Waals surface area contributed by atoms with E-state index in [1.165, 1.54) is 21.5 Å². The van der Waals surface area contributed by atoms with Crippen molar-refractivity contribution in [2.75, 3.05) is 0 Å². The van der Waals surface area contributed by atoms with Crippen LogP contribution in [-0.2, 0) is 0 Å². The third-order valence-electron chi connectivity index (χ3n) is 4.86. The van der Waals surface area contributed by atoms with Crippen molar-refractivity contribution in [3.05, 3.63) is 66.9 Å². The van der Waals surface area contributed by atoms with E-state index in [1.54, 1.807) is 0 Å². The standard InChI is InChI=1S/C21H12N2O/c1-2-7-13-12(6-1)17-15-9-5-11-22-21(15)23-19(17)20-18(13)14-8-3-4-10-16(14)24-20/h1-11H,(H,22,23). The van der Waals surface area contributed by atoms with Crippen LogP contribution in [0.5, 0.6) is 0 Å². The van der Waals surface area contributed by atoms with E-state index >= 15 is 0 Å². The zero-order valence-electron chi connectivity index (χ0n) is 12.7. The first-order valence-electron chi connectivity index (χ1n) is 8.00. The summed E-state index contributed by atoms with van der Waals surface area (Å²) in [5.41, 5.74) is 3.74. The molecule has 0 atom stereocenters. The Balaban J connectivity index is 2.07. The zero-order chi connectivity index (χ0) is 15.7. The molecular formula is C21H12N2O. The molecule has 1 N–H and O–H groups in total. The number of aromatic nitrogens is 2. The number of hydrogen-bond acceptors (Lipinski definition) is 2. The molecule has 6 rings (SSSR count). The molecule has 6 aromatic rings. The van der Waals surface area contributed by atoms with Gasteiger partial charge in [-0.15, -0.1) is 0 Å². The lowest BCUT2D eigenvalue weighted by Crippen LogP contribution is -1.78. The van der Waals surface area contributed by atoms with Crippen LogP contribution in [0.1, 0.15) is 0 Å². The summed E-state index contributed by atoms with van der Waals surface area (Å²) in [5.74, 6) is 0. The highest BCUT2D eigenvalue weighted by atomic mass is 16.3. The minimum absolute atomic E-state index is 0.894. The second-order valence-electron chi connectivity index (χ2n) is 6.12. The highest BCUT2D eigenvalue weighted by molar-refractivity contribution is 6.34. The normalized spacial score (nSPS) is 12.2. The molecule has 0 saturated carbocycles. The number of nitrogens with zero attached hydrogens (tertiary/aromatic N) is 1. The molecule has 0 unspecified atom stereocenters. The van der Waals surface area contributed by atoms with Crippen molar-refractivity contribution in [3.8, 4) is 0 Å². The van der Waals surface area contributed by atoms with Crippen molar-refractivity contribution in [1.82, 2.24) is 9.97 Å². The molecule has 3 heterocycles. The van der Waals surface area contributed by atoms with E-state index in [-0.39, 0.29) is 0 Å². The number of fused-ring (bicyclic) bond motifs is 10. The van der Waals surface area contributed by atoms with Crippen molar-refractivity contribution in [2.45, 2.75) is 0 Å². The molecule has 3 aromatic heterocycles. The number of nitrogens with one attached hydrogen (secondary N) is 1. The molecule has 0 bridgehead atoms. The SMILES string of the molecule is c1ccc2c(c1)oc1c3[nH]c4ncccc4c3c3ccccc3c21. The van der Waals surface area contributed by atoms with Gasteiger partial charge in [-0.1, -0.05) is 42.5 Å². The Morgan fingerprint density at radius 3 is 2.29 bits per heavy atom. The third-order valence-corrected chi connectivity index (χ3v) is 4.86. The first-order chi connectivity index (χ1) is 11.9. The molecule has 0 fully saturated rings. The number of benzene rings is 3. The topological polar surface area (TPSA) is 41.8 Å². The van der Waals surface area contributed by atoms with E-state index in [9.17, 15) is 0 Å². The highest BCUT2D eigenvalue weighted by Crippen LogP contribution is 2.42. The summed E-state index contributed by atoms with van der Waals surface area (Å²) in [6, 6.07) is 20.8. The Bertz CT molecular complexity index is 1300. The number of rotatable bonds is 0. The van der Waals surface area contributed by atoms with Gasteiger partial charge in [0.15, 0.2) is 5.58 Å². The second kappa shape index (κ2) is 4.15. The maximum absolute atomic E-state index is 6.24. The van der Waals surface area contributed by atoms with Crippen molar-refractivity contribution >= 4 is 54.6 Å². The van der Waals surface area contributed by atoms with Gasteiger partial charge in [-0.2, -0.15) is 0 Å². The Morgan fingerprint density at radius 1 is 0.708 bits per heavy atom. The van der Waals surface area contributed by atoms with Gasteiger partial charge in [0, 0.05) is 27.7 Å². The Morgan fingerprint density at radius 2 is 1.42 bits per heavy atom. The molecule has 3 aromatic carbocycles. The zero-order valence-corrected chi connectivity index (χ0v) is 12.7. The molecule has 0 aliphatic rings. The van der Waals surface area contributed by atoms with E-state index in [0.29, 0.717) is 0 Å². The summed E-state index contributed by atoms with van der Waals surface area (Å²) in [6.07, 6.45) is 1.82. The van der Waals surface area contributed by atoms with Crippen LogP contribution in [0.2, 0.25) is 0 Å². The number of pyridine rings is 1. The Hall–Kier alpha value is -3.33. The second-order valence-corrected chi connectivity index (χ2v) is 6.12. The number of furan rings is 1. The minimum atomic E-state index is 0.894. The van der Waals surface area contributed by atoms with Gasteiger partial charge in [-0.05, 0) is 29.0 Å². The quantitative estimate of drug-likeness (QED) is 0.387. The summed E-state index contributed by atoms with van der Waals surface area (Å²) < 4.78 is 6.24. The summed E-state index contributed by atoms with van der Waals surface area (Å²) in [4.78, 5) is 7.96. The predicted octanol–water partition coefficient (Wildman–Crippen LogP) is 5.77. The number of hydrogen-bond donors (Lipinski definition) is 1. The number of H-pyrrole nitrogens is 1. The lowest BCUT2D eigenvalue weighted by molar-refractivity contribution is 0.672. The third kappa shape index (κ3) is 1.35. The Kier molecular flexibility index (Phi) is 2.10. The molecular weight excluding hydrogens is 296 g/mol. The van der Waals surface area contributed by atoms with Crippen LogP contribution in [0.15, 0.2) is 71.3 Å². The molecule has 24 heavy (non-hydrogen) atoms. The highest BCUT2D eigenvalue weighted by Gasteiger charge is 2.18. The average Bonchev–Trinajstić information content (AvgIpc) is 3.21. The van der Waals surface area contributed by atoms with Crippen molar-refractivity contribution in [2.24, 2.45) is 0 Å². The summed E-state index contributed by atoms with van der Waals surface area (Å²) in [7, 11) is 0. The van der Waals surface area contributed by atoms with Crippen LogP contribution in [0.25, 0.3) is 54.6 Å². The van der Waals surface area contributed by atoms with E-state index < -0.39 is 0 Å². The summed E-state index contributed by atoms with van der Waals surface area (Å²) in [5, 5.41) is 7.07. The molecule has 0 spiro atoms. The fourth-order valence-electron chi connectivity index (χ4n) is 3.88. The number of para-hydroxylation sites is 1. The first-order valence-corrected chi connectivity index (χ1v) is 8.00. The van der Waals surface area contributed by atoms with Crippen LogP contribution >= 0.6 is 0 Å². The molecule has 112 valence electrons. The monoisotopic (exact) mass is 308 g/mol. The van der Waals surface area contributed by atoms with E-state index in [2.05, 4.69) is 52.4 Å². The van der Waals surface area contributed by atoms with Crippen LogP contribution < -0.4 is 0 Å². The van der Waals surface area contributed by atoms with Gasteiger partial charge in [-0.25, -0.2) is 4.98 Å². The van der Waals surface area contributed by atoms with Gasteiger partial charge in [0.1, 0.15) is 11.2 Å². The van der Waals surface area contributed by atoms with Crippen molar-refractivity contribution < 1.29 is 4.42 Å². The molecule has 3 nitrogen and oxygen atoms in total. The molecule has 0 radical (unpaired) electrons. The summed E-state index contributed by atoms with van der Waals surface area (Å²) >= 11 is 0. The minimum Gasteiger partial charge on any atom is -0.454 e. The smallest absolute Gasteiger partial charge is 0.160 e. The molecule has 0 aliphatic heterocycles. The van der Waals surface area contributed by atoms with Gasteiger partial charge < -0.3 is 9.40 Å². The van der Waals surface area contributed by atoms with E-state index in [1.807, 2.05) is 24.4 Å². The van der Waals surface area contributed by atoms with Crippen molar-refractivity contribution in [3.63, 3.8) is 0 Å². The van der Waals surface area contributed by atoms with Gasteiger partial charge in [0.25, 0.3) is 0 Å². The van der Waals surface area contributed by atoms with Crippen LogP contribution in [0, 0.1) is 0 Å². The summed E-state index contributed by atoms with van der Waals surface area (Å²) in [6.45, 7) is 0. The van der Waals surface area contributed by atoms with E-state index in [0.717, 1.165) is 33.1 Å². The molecule has 0 saturated heterocycles.